The highest BCUT2D eigenvalue weighted by Gasteiger charge is 2.63. The molecule has 7 nitrogen and oxygen atoms in total. The Morgan fingerprint density at radius 1 is 0.885 bits per heavy atom. The third-order valence-corrected chi connectivity index (χ3v) is 4.62. The number of rotatable bonds is 2. The highest BCUT2D eigenvalue weighted by Crippen LogP contribution is 2.40. The third-order valence-electron chi connectivity index (χ3n) is 4.21. The predicted molar refractivity (Wildman–Crippen MR) is 89.9 cm³/mol. The molecule has 2 aliphatic heterocycles. The maximum Gasteiger partial charge on any atom is 0.401 e. The number of hydrogen-bond acceptors (Lipinski definition) is 5. The van der Waals surface area contributed by atoms with Crippen LogP contribution in [0.3, 0.4) is 0 Å². The maximum absolute atomic E-state index is 13.1. The van der Waals surface area contributed by atoms with E-state index in [2.05, 4.69) is 0 Å². The van der Waals surface area contributed by atoms with Gasteiger partial charge in [-0.25, -0.2) is 9.69 Å². The number of fused-ring (bicyclic) bond motifs is 2. The lowest BCUT2D eigenvalue weighted by atomic mass is 10.1. The van der Waals surface area contributed by atoms with Gasteiger partial charge in [-0.15, -0.1) is 0 Å². The normalized spacial score (nSPS) is 22.0. The van der Waals surface area contributed by atoms with Crippen LogP contribution in [-0.2, 0) is 25.7 Å². The summed E-state index contributed by atoms with van der Waals surface area (Å²) in [7, 11) is 0. The molecule has 1 fully saturated rings. The number of carbonyl (C=O) groups excluding carboxylic acids is 4. The molecule has 0 spiro atoms. The summed E-state index contributed by atoms with van der Waals surface area (Å²) in [5.74, 6) is -4.37. The number of imide groups is 1. The van der Waals surface area contributed by atoms with Crippen molar-refractivity contribution in [2.45, 2.75) is 11.7 Å². The van der Waals surface area contributed by atoms with Gasteiger partial charge in [0.2, 0.25) is 0 Å². The molecule has 1 saturated heterocycles. The maximum atomic E-state index is 13.1. The van der Waals surface area contributed by atoms with E-state index in [9.17, 15) is 19.2 Å². The molecule has 0 saturated carbocycles. The molecule has 3 amide bonds. The first kappa shape index (κ1) is 16.3. The SMILES string of the molecule is O=C1OC2(Cl)C(=O)N(Cc3ccccc3)c3ccccc3C(=O)N2C1=O. The molecule has 0 bridgehead atoms. The number of hydrogen-bond donors (Lipinski definition) is 0. The average molecular weight is 371 g/mol. The van der Waals surface area contributed by atoms with Gasteiger partial charge in [0.15, 0.2) is 0 Å². The third kappa shape index (κ3) is 2.21. The zero-order valence-electron chi connectivity index (χ0n) is 13.2. The quantitative estimate of drug-likeness (QED) is 0.264. The molecule has 130 valence electrons. The van der Waals surface area contributed by atoms with Crippen LogP contribution >= 0.6 is 11.6 Å². The molecule has 2 aromatic rings. The number of ether oxygens (including phenoxy) is 1. The zero-order chi connectivity index (χ0) is 18.5. The van der Waals surface area contributed by atoms with Gasteiger partial charge in [-0.2, -0.15) is 0 Å². The number of para-hydroxylation sites is 1. The van der Waals surface area contributed by atoms with E-state index in [1.165, 1.54) is 11.0 Å². The molecule has 8 heteroatoms. The highest BCUT2D eigenvalue weighted by atomic mass is 35.5. The van der Waals surface area contributed by atoms with Crippen molar-refractivity contribution in [1.29, 1.82) is 0 Å². The van der Waals surface area contributed by atoms with Crippen LogP contribution in [-0.4, -0.2) is 33.8 Å². The molecular weight excluding hydrogens is 360 g/mol. The van der Waals surface area contributed by atoms with Crippen molar-refractivity contribution < 1.29 is 23.9 Å². The van der Waals surface area contributed by atoms with Crippen LogP contribution in [0.1, 0.15) is 15.9 Å². The second-order valence-corrected chi connectivity index (χ2v) is 6.30. The number of halogens is 1. The summed E-state index contributed by atoms with van der Waals surface area (Å²) in [6, 6.07) is 15.3. The van der Waals surface area contributed by atoms with E-state index in [1.54, 1.807) is 42.5 Å². The van der Waals surface area contributed by atoms with E-state index in [1.807, 2.05) is 6.07 Å². The minimum atomic E-state index is -2.53. The number of benzene rings is 2. The van der Waals surface area contributed by atoms with E-state index in [-0.39, 0.29) is 17.8 Å². The van der Waals surface area contributed by atoms with Crippen molar-refractivity contribution in [3.8, 4) is 0 Å². The van der Waals surface area contributed by atoms with Gasteiger partial charge in [0.1, 0.15) is 0 Å². The van der Waals surface area contributed by atoms with Crippen molar-refractivity contribution in [1.82, 2.24) is 4.90 Å². The number of carbonyl (C=O) groups is 4. The Bertz CT molecular complexity index is 961. The summed E-state index contributed by atoms with van der Waals surface area (Å²) in [5, 5.41) is -2.53. The Morgan fingerprint density at radius 2 is 1.54 bits per heavy atom. The summed E-state index contributed by atoms with van der Waals surface area (Å²) < 4.78 is 4.82. The molecule has 1 unspecified atom stereocenters. The zero-order valence-corrected chi connectivity index (χ0v) is 14.0. The molecule has 0 radical (unpaired) electrons. The van der Waals surface area contributed by atoms with Crippen LogP contribution in [0.5, 0.6) is 0 Å². The number of amides is 3. The molecule has 2 aromatic carbocycles. The Labute approximate surface area is 152 Å². The molecule has 2 heterocycles. The van der Waals surface area contributed by atoms with Gasteiger partial charge in [0.25, 0.3) is 5.91 Å². The summed E-state index contributed by atoms with van der Waals surface area (Å²) in [4.78, 5) is 51.4. The fraction of sp³-hybridized carbons (Fsp3) is 0.111. The fourth-order valence-corrected chi connectivity index (χ4v) is 3.33. The standard InChI is InChI=1S/C18H11ClN2O5/c19-18-17(25)20(10-11-6-2-1-3-7-11)13-9-5-4-8-12(13)14(22)21(18)15(23)16(24)26-18/h1-9H,10H2. The summed E-state index contributed by atoms with van der Waals surface area (Å²) in [6.45, 7) is 0.0814. The molecule has 0 aliphatic carbocycles. The minimum absolute atomic E-state index is 0.0750. The number of esters is 1. The number of nitrogens with zero attached hydrogens (tertiary/aromatic N) is 2. The van der Waals surface area contributed by atoms with Crippen molar-refractivity contribution >= 4 is 41.0 Å². The van der Waals surface area contributed by atoms with Gasteiger partial charge in [0, 0.05) is 0 Å². The Hall–Kier alpha value is -3.19. The van der Waals surface area contributed by atoms with Crippen LogP contribution in [0.2, 0.25) is 0 Å². The van der Waals surface area contributed by atoms with Crippen LogP contribution in [0.25, 0.3) is 0 Å². The van der Waals surface area contributed by atoms with E-state index < -0.39 is 28.9 Å². The van der Waals surface area contributed by atoms with Gasteiger partial charge in [-0.05, 0) is 29.3 Å². The van der Waals surface area contributed by atoms with Crippen LogP contribution in [0.15, 0.2) is 54.6 Å². The minimum Gasteiger partial charge on any atom is -0.407 e. The van der Waals surface area contributed by atoms with E-state index in [0.29, 0.717) is 4.90 Å². The summed E-state index contributed by atoms with van der Waals surface area (Å²) in [5.41, 5.74) is 1.13. The van der Waals surface area contributed by atoms with Crippen molar-refractivity contribution in [2.24, 2.45) is 0 Å². The average Bonchev–Trinajstić information content (AvgIpc) is 2.86. The lowest BCUT2D eigenvalue weighted by Crippen LogP contribution is -2.54. The molecule has 0 N–H and O–H groups in total. The predicted octanol–water partition coefficient (Wildman–Crippen LogP) is 1.65. The van der Waals surface area contributed by atoms with E-state index >= 15 is 0 Å². The summed E-state index contributed by atoms with van der Waals surface area (Å²) >= 11 is 6.21. The topological polar surface area (TPSA) is 84.0 Å². The van der Waals surface area contributed by atoms with E-state index in [4.69, 9.17) is 16.3 Å². The van der Waals surface area contributed by atoms with Crippen molar-refractivity contribution in [2.75, 3.05) is 4.90 Å². The van der Waals surface area contributed by atoms with E-state index in [0.717, 1.165) is 5.56 Å². The van der Waals surface area contributed by atoms with Gasteiger partial charge >= 0.3 is 23.0 Å². The lowest BCUT2D eigenvalue weighted by Gasteiger charge is -2.28. The molecule has 4 rings (SSSR count). The Kier molecular flexibility index (Phi) is 3.55. The smallest absolute Gasteiger partial charge is 0.401 e. The first-order valence-electron chi connectivity index (χ1n) is 7.69. The largest absolute Gasteiger partial charge is 0.407 e. The van der Waals surface area contributed by atoms with Crippen molar-refractivity contribution in [3.05, 3.63) is 65.7 Å². The van der Waals surface area contributed by atoms with Gasteiger partial charge < -0.3 is 9.64 Å². The highest BCUT2D eigenvalue weighted by molar-refractivity contribution is 6.49. The molecule has 2 aliphatic rings. The molecular formula is C18H11ClN2O5. The number of alkyl halides is 1. The van der Waals surface area contributed by atoms with Crippen molar-refractivity contribution in [3.63, 3.8) is 0 Å². The first-order valence-corrected chi connectivity index (χ1v) is 8.07. The number of anilines is 1. The monoisotopic (exact) mass is 370 g/mol. The fourth-order valence-electron chi connectivity index (χ4n) is 3.01. The summed E-state index contributed by atoms with van der Waals surface area (Å²) in [6.07, 6.45) is 0. The van der Waals surface area contributed by atoms with Crippen LogP contribution < -0.4 is 4.90 Å². The molecule has 1 atom stereocenters. The van der Waals surface area contributed by atoms with Gasteiger partial charge in [0.05, 0.1) is 17.8 Å². The van der Waals surface area contributed by atoms with Gasteiger partial charge in [-0.1, -0.05) is 42.5 Å². The molecule has 0 aromatic heterocycles. The molecule has 26 heavy (non-hydrogen) atoms. The lowest BCUT2D eigenvalue weighted by molar-refractivity contribution is -0.154. The second kappa shape index (κ2) is 5.67. The first-order chi connectivity index (χ1) is 12.4. The second-order valence-electron chi connectivity index (χ2n) is 5.79. The van der Waals surface area contributed by atoms with Crippen LogP contribution in [0.4, 0.5) is 5.69 Å². The Balaban J connectivity index is 1.90. The Morgan fingerprint density at radius 3 is 2.27 bits per heavy atom. The van der Waals surface area contributed by atoms with Gasteiger partial charge in [-0.3, -0.25) is 14.4 Å². The van der Waals surface area contributed by atoms with Crippen LogP contribution in [0, 0.1) is 0 Å².